The van der Waals surface area contributed by atoms with E-state index in [1.807, 2.05) is 25.3 Å². The summed E-state index contributed by atoms with van der Waals surface area (Å²) < 4.78 is 0. The van der Waals surface area contributed by atoms with Gasteiger partial charge in [-0.05, 0) is 55.5 Å². The van der Waals surface area contributed by atoms with Crippen LogP contribution in [0.5, 0.6) is 0 Å². The molecule has 2 unspecified atom stereocenters. The molecule has 3 heterocycles. The van der Waals surface area contributed by atoms with Crippen molar-refractivity contribution >= 4 is 17.9 Å². The zero-order chi connectivity index (χ0) is 17.2. The molecular weight excluding hydrogens is 312 g/mol. The number of nitrogens with zero attached hydrogens (tertiary/aromatic N) is 4. The van der Waals surface area contributed by atoms with Gasteiger partial charge in [-0.3, -0.25) is 9.98 Å². The van der Waals surface area contributed by atoms with Crippen LogP contribution in [0.1, 0.15) is 43.4 Å². The summed E-state index contributed by atoms with van der Waals surface area (Å²) in [7, 11) is 0. The molecule has 2 aromatic rings. The fourth-order valence-corrected chi connectivity index (χ4v) is 3.35. The number of nitrogens with two attached hydrogens (primary N) is 1. The lowest BCUT2D eigenvalue weighted by molar-refractivity contribution is 0.614. The molecule has 2 aromatic heterocycles. The van der Waals surface area contributed by atoms with Crippen LogP contribution in [0.4, 0.5) is 5.82 Å². The van der Waals surface area contributed by atoms with Crippen molar-refractivity contribution in [3.8, 4) is 11.3 Å². The van der Waals surface area contributed by atoms with E-state index in [4.69, 9.17) is 5.73 Å². The number of hydrogen-bond acceptors (Lipinski definition) is 6. The van der Waals surface area contributed by atoms with Crippen LogP contribution in [-0.4, -0.2) is 28.2 Å². The standard InChI is InChI=1S/C19H22N6/c1-12-22-11-19(24-12)25-18-9-14(6-7-21-18)17-8-13-4-2-3-5-16(20)15(13)10-23-17/h6-12,16H,2-5,20H2,1H3,(H,21,24,25). The molecule has 0 fully saturated rings. The minimum atomic E-state index is -0.0267. The van der Waals surface area contributed by atoms with Gasteiger partial charge in [0.05, 0.1) is 11.9 Å². The Labute approximate surface area is 147 Å². The highest BCUT2D eigenvalue weighted by Crippen LogP contribution is 2.29. The molecule has 2 aliphatic rings. The molecule has 0 radical (unpaired) electrons. The van der Waals surface area contributed by atoms with Crippen molar-refractivity contribution < 1.29 is 0 Å². The van der Waals surface area contributed by atoms with Gasteiger partial charge in [-0.25, -0.2) is 9.98 Å². The first-order chi connectivity index (χ1) is 12.2. The Morgan fingerprint density at radius 1 is 1.20 bits per heavy atom. The molecule has 2 atom stereocenters. The minimum absolute atomic E-state index is 0.0267. The van der Waals surface area contributed by atoms with E-state index in [1.54, 1.807) is 12.4 Å². The topological polar surface area (TPSA) is 88.5 Å². The maximum Gasteiger partial charge on any atom is 0.147 e. The van der Waals surface area contributed by atoms with Crippen molar-refractivity contribution in [1.29, 1.82) is 0 Å². The summed E-state index contributed by atoms with van der Waals surface area (Å²) in [6.07, 6.45) is 9.92. The number of anilines is 1. The molecule has 4 rings (SSSR count). The molecule has 0 amide bonds. The number of aromatic nitrogens is 2. The van der Waals surface area contributed by atoms with Crippen molar-refractivity contribution in [2.75, 3.05) is 5.32 Å². The van der Waals surface area contributed by atoms with Gasteiger partial charge in [0.1, 0.15) is 17.8 Å². The zero-order valence-corrected chi connectivity index (χ0v) is 14.3. The monoisotopic (exact) mass is 334 g/mol. The molecule has 1 aliphatic carbocycles. The van der Waals surface area contributed by atoms with E-state index in [9.17, 15) is 0 Å². The maximum absolute atomic E-state index is 6.28. The lowest BCUT2D eigenvalue weighted by atomic mass is 10.00. The smallest absolute Gasteiger partial charge is 0.147 e. The van der Waals surface area contributed by atoms with Crippen molar-refractivity contribution in [1.82, 2.24) is 9.97 Å². The molecule has 6 nitrogen and oxygen atoms in total. The lowest BCUT2D eigenvalue weighted by Gasteiger charge is -2.13. The predicted octanol–water partition coefficient (Wildman–Crippen LogP) is 3.11. The Hall–Kier alpha value is -2.60. The van der Waals surface area contributed by atoms with Crippen LogP contribution >= 0.6 is 0 Å². The van der Waals surface area contributed by atoms with Gasteiger partial charge in [0, 0.05) is 24.0 Å². The number of rotatable bonds is 2. The highest BCUT2D eigenvalue weighted by molar-refractivity contribution is 6.35. The van der Waals surface area contributed by atoms with Crippen LogP contribution in [0, 0.1) is 0 Å². The average Bonchev–Trinajstić information content (AvgIpc) is 2.93. The molecule has 128 valence electrons. The molecule has 3 N–H and O–H groups in total. The fourth-order valence-electron chi connectivity index (χ4n) is 3.35. The first-order valence-corrected chi connectivity index (χ1v) is 8.78. The summed E-state index contributed by atoms with van der Waals surface area (Å²) in [4.78, 5) is 17.6. The minimum Gasteiger partial charge on any atom is -0.324 e. The normalized spacial score (nSPS) is 22.2. The van der Waals surface area contributed by atoms with Gasteiger partial charge in [-0.15, -0.1) is 0 Å². The molecular formula is C19H22N6. The number of aliphatic imine (C=N–C) groups is 2. The Kier molecular flexibility index (Phi) is 4.28. The van der Waals surface area contributed by atoms with Crippen LogP contribution in [0.25, 0.3) is 11.3 Å². The summed E-state index contributed by atoms with van der Waals surface area (Å²) in [6.45, 7) is 1.94. The Bertz CT molecular complexity index is 842. The van der Waals surface area contributed by atoms with Crippen molar-refractivity contribution in [2.24, 2.45) is 15.7 Å². The Morgan fingerprint density at radius 2 is 2.12 bits per heavy atom. The summed E-state index contributed by atoms with van der Waals surface area (Å²) >= 11 is 0. The van der Waals surface area contributed by atoms with E-state index in [-0.39, 0.29) is 12.2 Å². The van der Waals surface area contributed by atoms with Crippen molar-refractivity contribution in [2.45, 2.75) is 44.8 Å². The molecule has 0 aromatic carbocycles. The third-order valence-corrected chi connectivity index (χ3v) is 4.69. The van der Waals surface area contributed by atoms with Crippen LogP contribution in [0.15, 0.2) is 40.6 Å². The summed E-state index contributed by atoms with van der Waals surface area (Å²) in [6, 6.07) is 6.25. The van der Waals surface area contributed by atoms with Crippen molar-refractivity contribution in [3.63, 3.8) is 0 Å². The second-order valence-corrected chi connectivity index (χ2v) is 6.60. The SMILES string of the molecule is CC1N=CC(Nc2cc(-c3cc4c(cn3)C(N)CCCC4)ccn2)=N1. The highest BCUT2D eigenvalue weighted by atomic mass is 15.1. The van der Waals surface area contributed by atoms with E-state index in [2.05, 4.69) is 31.3 Å². The van der Waals surface area contributed by atoms with Crippen LogP contribution < -0.4 is 11.1 Å². The van der Waals surface area contributed by atoms with Crippen LogP contribution in [0.3, 0.4) is 0 Å². The quantitative estimate of drug-likeness (QED) is 0.826. The molecule has 25 heavy (non-hydrogen) atoms. The molecule has 1 aliphatic heterocycles. The van der Waals surface area contributed by atoms with Crippen molar-refractivity contribution in [3.05, 3.63) is 41.7 Å². The van der Waals surface area contributed by atoms with Gasteiger partial charge in [0.25, 0.3) is 0 Å². The third kappa shape index (κ3) is 3.44. The number of nitrogens with one attached hydrogen (secondary N) is 1. The van der Waals surface area contributed by atoms with Gasteiger partial charge in [0.15, 0.2) is 0 Å². The molecule has 0 spiro atoms. The number of fused-ring (bicyclic) bond motifs is 1. The number of amidine groups is 1. The Balaban J connectivity index is 1.62. The van der Waals surface area contributed by atoms with E-state index in [1.165, 1.54) is 24.0 Å². The van der Waals surface area contributed by atoms with Crippen LogP contribution in [-0.2, 0) is 6.42 Å². The number of hydrogen-bond donors (Lipinski definition) is 2. The highest BCUT2D eigenvalue weighted by Gasteiger charge is 2.17. The third-order valence-electron chi connectivity index (χ3n) is 4.69. The largest absolute Gasteiger partial charge is 0.324 e. The second kappa shape index (κ2) is 6.72. The van der Waals surface area contributed by atoms with E-state index < -0.39 is 0 Å². The van der Waals surface area contributed by atoms with Gasteiger partial charge in [0.2, 0.25) is 0 Å². The van der Waals surface area contributed by atoms with E-state index in [0.29, 0.717) is 0 Å². The number of aryl methyl sites for hydroxylation is 1. The summed E-state index contributed by atoms with van der Waals surface area (Å²) in [5, 5.41) is 3.20. The van der Waals surface area contributed by atoms with Crippen LogP contribution in [0.2, 0.25) is 0 Å². The lowest BCUT2D eigenvalue weighted by Crippen LogP contribution is -2.12. The molecule has 0 saturated carbocycles. The predicted molar refractivity (Wildman–Crippen MR) is 101 cm³/mol. The Morgan fingerprint density at radius 3 is 2.96 bits per heavy atom. The first kappa shape index (κ1) is 15.9. The zero-order valence-electron chi connectivity index (χ0n) is 14.3. The fraction of sp³-hybridized carbons (Fsp3) is 0.368. The molecule has 6 heteroatoms. The number of pyridine rings is 2. The van der Waals surface area contributed by atoms with Gasteiger partial charge < -0.3 is 11.1 Å². The average molecular weight is 334 g/mol. The second-order valence-electron chi connectivity index (χ2n) is 6.60. The van der Waals surface area contributed by atoms with E-state index >= 15 is 0 Å². The van der Waals surface area contributed by atoms with Gasteiger partial charge in [-0.2, -0.15) is 0 Å². The van der Waals surface area contributed by atoms with Gasteiger partial charge >= 0.3 is 0 Å². The summed E-state index contributed by atoms with van der Waals surface area (Å²) in [5.74, 6) is 1.48. The summed E-state index contributed by atoms with van der Waals surface area (Å²) in [5.41, 5.74) is 10.8. The van der Waals surface area contributed by atoms with Gasteiger partial charge in [-0.1, -0.05) is 6.42 Å². The first-order valence-electron chi connectivity index (χ1n) is 8.78. The van der Waals surface area contributed by atoms with E-state index in [0.717, 1.165) is 35.8 Å². The molecule has 0 bridgehead atoms. The maximum atomic E-state index is 6.28. The molecule has 0 saturated heterocycles.